The Balaban J connectivity index is 1.61. The van der Waals surface area contributed by atoms with Gasteiger partial charge in [-0.05, 0) is 58.8 Å². The van der Waals surface area contributed by atoms with Gasteiger partial charge in [0.25, 0.3) is 0 Å². The largest absolute Gasteiger partial charge is 0.464 e. The van der Waals surface area contributed by atoms with E-state index in [9.17, 15) is 0 Å². The number of unbranched alkanes of at least 4 members (excludes halogenated alkanes) is 1. The molecule has 4 fully saturated rings. The van der Waals surface area contributed by atoms with Gasteiger partial charge in [0, 0.05) is 5.31 Å². The third-order valence-corrected chi connectivity index (χ3v) is 6.00. The van der Waals surface area contributed by atoms with Gasteiger partial charge in [0.15, 0.2) is 0 Å². The fourth-order valence-corrected chi connectivity index (χ4v) is 4.25. The normalized spacial score (nSPS) is 43.5. The Morgan fingerprint density at radius 2 is 1.44 bits per heavy atom. The second-order valence-corrected chi connectivity index (χ2v) is 8.08. The summed E-state index contributed by atoms with van der Waals surface area (Å²) in [6, 6.07) is 0. The van der Waals surface area contributed by atoms with Crippen molar-refractivity contribution in [3.8, 4) is 0 Å². The first-order valence-electron chi connectivity index (χ1n) is 7.60. The summed E-state index contributed by atoms with van der Waals surface area (Å²) in [5.41, 5.74) is 0.354. The molecule has 2 bridgehead atoms. The van der Waals surface area contributed by atoms with Crippen LogP contribution < -0.4 is 0 Å². The zero-order valence-corrected chi connectivity index (χ0v) is 12.6. The van der Waals surface area contributed by atoms with E-state index in [0.717, 1.165) is 0 Å². The lowest BCUT2D eigenvalue weighted by Crippen LogP contribution is -2.63. The van der Waals surface area contributed by atoms with Gasteiger partial charge in [-0.25, -0.2) is 0 Å². The van der Waals surface area contributed by atoms with Gasteiger partial charge in [-0.3, -0.25) is 0 Å². The molecule has 1 heterocycles. The summed E-state index contributed by atoms with van der Waals surface area (Å²) >= 11 is 0. The highest BCUT2D eigenvalue weighted by Crippen LogP contribution is 2.82. The molecule has 0 unspecified atom stereocenters. The van der Waals surface area contributed by atoms with Crippen LogP contribution in [-0.4, -0.2) is 18.3 Å². The maximum Gasteiger partial charge on any atom is 0.464 e. The Hall–Kier alpha value is -0.0151. The second kappa shape index (κ2) is 3.55. The fourth-order valence-electron chi connectivity index (χ4n) is 4.25. The van der Waals surface area contributed by atoms with Crippen molar-refractivity contribution in [1.29, 1.82) is 0 Å². The molecule has 0 N–H and O–H groups in total. The molecule has 0 atom stereocenters. The highest BCUT2D eigenvalue weighted by Gasteiger charge is 2.75. The third-order valence-electron chi connectivity index (χ3n) is 6.00. The Bertz CT molecular complexity index is 326. The smallest absolute Gasteiger partial charge is 0.403 e. The molecule has 3 heteroatoms. The van der Waals surface area contributed by atoms with Gasteiger partial charge >= 0.3 is 7.12 Å². The molecule has 102 valence electrons. The average molecular weight is 250 g/mol. The van der Waals surface area contributed by atoms with Crippen LogP contribution in [0.25, 0.3) is 0 Å². The van der Waals surface area contributed by atoms with Crippen molar-refractivity contribution in [3.63, 3.8) is 0 Å². The highest BCUT2D eigenvalue weighted by atomic mass is 16.7. The van der Waals surface area contributed by atoms with Gasteiger partial charge in [-0.2, -0.15) is 0 Å². The van der Waals surface area contributed by atoms with Crippen molar-refractivity contribution in [2.75, 3.05) is 0 Å². The first-order valence-corrected chi connectivity index (χ1v) is 7.60. The maximum absolute atomic E-state index is 6.24. The lowest BCUT2D eigenvalue weighted by Gasteiger charge is -2.71. The number of rotatable bonds is 4. The predicted octanol–water partition coefficient (Wildman–Crippen LogP) is 4.19. The van der Waals surface area contributed by atoms with Crippen molar-refractivity contribution >= 4 is 7.12 Å². The Labute approximate surface area is 112 Å². The van der Waals surface area contributed by atoms with E-state index >= 15 is 0 Å². The topological polar surface area (TPSA) is 18.5 Å². The van der Waals surface area contributed by atoms with E-state index in [1.54, 1.807) is 0 Å². The lowest BCUT2D eigenvalue weighted by atomic mass is 9.23. The summed E-state index contributed by atoms with van der Waals surface area (Å²) < 4.78 is 12.5. The fraction of sp³-hybridized carbons (Fsp3) is 1.00. The Morgan fingerprint density at radius 1 is 0.944 bits per heavy atom. The van der Waals surface area contributed by atoms with Gasteiger partial charge in [0.1, 0.15) is 0 Å². The number of hydrogen-bond donors (Lipinski definition) is 0. The van der Waals surface area contributed by atoms with Gasteiger partial charge in [-0.15, -0.1) is 0 Å². The van der Waals surface area contributed by atoms with Crippen LogP contribution in [0.5, 0.6) is 0 Å². The van der Waals surface area contributed by atoms with Gasteiger partial charge < -0.3 is 9.31 Å². The average Bonchev–Trinajstić information content (AvgIpc) is 2.31. The summed E-state index contributed by atoms with van der Waals surface area (Å²) in [6.45, 7) is 10.9. The molecule has 18 heavy (non-hydrogen) atoms. The third kappa shape index (κ3) is 1.56. The summed E-state index contributed by atoms with van der Waals surface area (Å²) in [5.74, 6) is 0. The summed E-state index contributed by atoms with van der Waals surface area (Å²) in [5, 5.41) is 0.374. The minimum atomic E-state index is -0.163. The summed E-state index contributed by atoms with van der Waals surface area (Å²) in [6.07, 6.45) is 8.17. The van der Waals surface area contributed by atoms with Crippen LogP contribution in [0.1, 0.15) is 73.1 Å². The van der Waals surface area contributed by atoms with Gasteiger partial charge in [-0.1, -0.05) is 19.8 Å². The molecular formula is C15H27BO2. The predicted molar refractivity (Wildman–Crippen MR) is 74.6 cm³/mol. The zero-order chi connectivity index (χ0) is 13.2. The maximum atomic E-state index is 6.24. The molecule has 0 radical (unpaired) electrons. The molecule has 0 aromatic rings. The summed E-state index contributed by atoms with van der Waals surface area (Å²) in [7, 11) is 0.0472. The first kappa shape index (κ1) is 13.0. The molecule has 0 aromatic carbocycles. The van der Waals surface area contributed by atoms with Crippen molar-refractivity contribution in [1.82, 2.24) is 0 Å². The molecule has 4 rings (SSSR count). The Kier molecular flexibility index (Phi) is 2.56. The lowest BCUT2D eigenvalue weighted by molar-refractivity contribution is -0.116. The Morgan fingerprint density at radius 3 is 1.89 bits per heavy atom. The summed E-state index contributed by atoms with van der Waals surface area (Å²) in [4.78, 5) is 0. The molecule has 0 aromatic heterocycles. The standard InChI is InChI=1S/C15H27BO2/c1-6-7-8-14-9-15(10-14,11-14)16-17-12(2,3)13(4,5)18-16/h6-11H2,1-5H3. The van der Waals surface area contributed by atoms with Crippen LogP contribution in [0.3, 0.4) is 0 Å². The zero-order valence-electron chi connectivity index (χ0n) is 12.6. The van der Waals surface area contributed by atoms with Crippen LogP contribution in [0, 0.1) is 5.41 Å². The van der Waals surface area contributed by atoms with E-state index in [2.05, 4.69) is 34.6 Å². The second-order valence-electron chi connectivity index (χ2n) is 8.08. The molecule has 2 nitrogen and oxygen atoms in total. The van der Waals surface area contributed by atoms with Gasteiger partial charge in [0.05, 0.1) is 11.2 Å². The monoisotopic (exact) mass is 250 g/mol. The molecule has 1 aliphatic heterocycles. The van der Waals surface area contributed by atoms with Crippen LogP contribution >= 0.6 is 0 Å². The molecule has 0 amide bonds. The minimum absolute atomic E-state index is 0.0472. The van der Waals surface area contributed by atoms with Crippen LogP contribution in [0.2, 0.25) is 5.31 Å². The van der Waals surface area contributed by atoms with Gasteiger partial charge in [0.2, 0.25) is 0 Å². The van der Waals surface area contributed by atoms with Crippen LogP contribution in [0.15, 0.2) is 0 Å². The molecule has 3 aliphatic carbocycles. The van der Waals surface area contributed by atoms with E-state index < -0.39 is 0 Å². The van der Waals surface area contributed by atoms with E-state index in [-0.39, 0.29) is 18.3 Å². The quantitative estimate of drug-likeness (QED) is 0.696. The van der Waals surface area contributed by atoms with Crippen LogP contribution in [-0.2, 0) is 9.31 Å². The molecule has 0 spiro atoms. The molecular weight excluding hydrogens is 223 g/mol. The SMILES string of the molecule is CCCCC12CC(B3OC(C)(C)C(C)(C)O3)(C1)C2. The van der Waals surface area contributed by atoms with Crippen molar-refractivity contribution in [2.45, 2.75) is 89.7 Å². The highest BCUT2D eigenvalue weighted by molar-refractivity contribution is 6.51. The molecule has 4 aliphatic rings. The van der Waals surface area contributed by atoms with E-state index in [0.29, 0.717) is 10.7 Å². The van der Waals surface area contributed by atoms with Crippen molar-refractivity contribution in [3.05, 3.63) is 0 Å². The van der Waals surface area contributed by atoms with E-state index in [4.69, 9.17) is 9.31 Å². The molecule has 3 saturated carbocycles. The van der Waals surface area contributed by atoms with Crippen LogP contribution in [0.4, 0.5) is 0 Å². The van der Waals surface area contributed by atoms with E-state index in [1.807, 2.05) is 0 Å². The molecule has 1 saturated heterocycles. The minimum Gasteiger partial charge on any atom is -0.403 e. The number of hydrogen-bond acceptors (Lipinski definition) is 2. The van der Waals surface area contributed by atoms with Crippen molar-refractivity contribution < 1.29 is 9.31 Å². The van der Waals surface area contributed by atoms with E-state index in [1.165, 1.54) is 38.5 Å². The first-order chi connectivity index (χ1) is 8.24. The van der Waals surface area contributed by atoms with Crippen molar-refractivity contribution in [2.24, 2.45) is 5.41 Å².